The highest BCUT2D eigenvalue weighted by molar-refractivity contribution is 5.59. The van der Waals surface area contributed by atoms with Crippen molar-refractivity contribution in [2.24, 2.45) is 0 Å². The summed E-state index contributed by atoms with van der Waals surface area (Å²) in [6.45, 7) is 0.820. The molecule has 1 atom stereocenters. The molecule has 1 unspecified atom stereocenters. The molecule has 0 amide bonds. The summed E-state index contributed by atoms with van der Waals surface area (Å²) >= 11 is 0. The number of aliphatic hydroxyl groups excluding tert-OH is 1. The largest absolute Gasteiger partial charge is 0.496 e. The lowest BCUT2D eigenvalue weighted by Crippen LogP contribution is -2.35. The molecule has 118 valence electrons. The summed E-state index contributed by atoms with van der Waals surface area (Å²) in [4.78, 5) is 6.18. The maximum Gasteiger partial charge on any atom is 0.146 e. The molecule has 0 radical (unpaired) electrons. The van der Waals surface area contributed by atoms with Gasteiger partial charge in [-0.15, -0.1) is 0 Å². The molecular formula is C17H17N3O3. The molecule has 0 spiro atoms. The fraction of sp³-hybridized carbons (Fsp3) is 0.294. The van der Waals surface area contributed by atoms with E-state index < -0.39 is 6.10 Å². The number of β-amino-alcohol motifs (C(OH)–C–C–N with tert-alkyl or cyclic N) is 1. The van der Waals surface area contributed by atoms with Gasteiger partial charge in [-0.2, -0.15) is 5.26 Å². The molecule has 2 aromatic rings. The molecule has 0 saturated carbocycles. The Labute approximate surface area is 134 Å². The van der Waals surface area contributed by atoms with Crippen molar-refractivity contribution in [1.29, 1.82) is 5.26 Å². The quantitative estimate of drug-likeness (QED) is 0.934. The Kier molecular flexibility index (Phi) is 4.04. The molecule has 6 heteroatoms. The number of nitriles is 1. The second-order valence-corrected chi connectivity index (χ2v) is 5.25. The van der Waals surface area contributed by atoms with E-state index in [0.717, 1.165) is 11.1 Å². The molecule has 0 aliphatic carbocycles. The van der Waals surface area contributed by atoms with Crippen LogP contribution in [0.2, 0.25) is 0 Å². The standard InChI is InChI=1S/C17H17N3O3/c1-22-14-5-6-15(23-2)16-12(14)9-20(10-13(16)21)17-11(8-18)4-3-7-19-17/h3-7,13,21H,9-10H2,1-2H3. The van der Waals surface area contributed by atoms with Crippen LogP contribution >= 0.6 is 0 Å². The van der Waals surface area contributed by atoms with Crippen LogP contribution < -0.4 is 14.4 Å². The van der Waals surface area contributed by atoms with E-state index in [1.165, 1.54) is 0 Å². The topological polar surface area (TPSA) is 78.6 Å². The number of aliphatic hydroxyl groups is 1. The van der Waals surface area contributed by atoms with Gasteiger partial charge in [-0.05, 0) is 24.3 Å². The number of rotatable bonds is 3. The fourth-order valence-corrected chi connectivity index (χ4v) is 2.97. The second-order valence-electron chi connectivity index (χ2n) is 5.25. The number of fused-ring (bicyclic) bond motifs is 1. The van der Waals surface area contributed by atoms with Gasteiger partial charge in [0.15, 0.2) is 0 Å². The molecule has 1 N–H and O–H groups in total. The Hall–Kier alpha value is -2.78. The van der Waals surface area contributed by atoms with Crippen molar-refractivity contribution in [1.82, 2.24) is 4.98 Å². The Morgan fingerprint density at radius 3 is 2.70 bits per heavy atom. The fourth-order valence-electron chi connectivity index (χ4n) is 2.97. The van der Waals surface area contributed by atoms with E-state index in [0.29, 0.717) is 36.0 Å². The second kappa shape index (κ2) is 6.15. The Bertz CT molecular complexity index is 770. The molecule has 1 aromatic carbocycles. The predicted molar refractivity (Wildman–Crippen MR) is 84.5 cm³/mol. The Morgan fingerprint density at radius 1 is 1.26 bits per heavy atom. The molecule has 0 bridgehead atoms. The minimum absolute atomic E-state index is 0.336. The lowest BCUT2D eigenvalue weighted by Gasteiger charge is -2.35. The van der Waals surface area contributed by atoms with Gasteiger partial charge in [0.05, 0.1) is 26.3 Å². The van der Waals surface area contributed by atoms with Crippen LogP contribution in [-0.2, 0) is 6.54 Å². The highest BCUT2D eigenvalue weighted by atomic mass is 16.5. The summed E-state index contributed by atoms with van der Waals surface area (Å²) in [5.74, 6) is 1.87. The average molecular weight is 311 g/mol. The van der Waals surface area contributed by atoms with Gasteiger partial charge in [0, 0.05) is 23.9 Å². The molecule has 0 saturated heterocycles. The molecule has 23 heavy (non-hydrogen) atoms. The molecule has 1 aromatic heterocycles. The number of pyridine rings is 1. The van der Waals surface area contributed by atoms with Crippen molar-refractivity contribution in [3.63, 3.8) is 0 Å². The first-order valence-corrected chi connectivity index (χ1v) is 7.21. The number of anilines is 1. The molecule has 1 aliphatic heterocycles. The van der Waals surface area contributed by atoms with Crippen LogP contribution in [0, 0.1) is 11.3 Å². The zero-order chi connectivity index (χ0) is 16.4. The van der Waals surface area contributed by atoms with Gasteiger partial charge in [-0.1, -0.05) is 0 Å². The number of benzene rings is 1. The summed E-state index contributed by atoms with van der Waals surface area (Å²) in [5, 5.41) is 19.9. The van der Waals surface area contributed by atoms with Gasteiger partial charge >= 0.3 is 0 Å². The van der Waals surface area contributed by atoms with Crippen LogP contribution in [0.5, 0.6) is 11.5 Å². The average Bonchev–Trinajstić information content (AvgIpc) is 2.60. The molecular weight excluding hydrogens is 294 g/mol. The van der Waals surface area contributed by atoms with E-state index in [-0.39, 0.29) is 0 Å². The number of hydrogen-bond donors (Lipinski definition) is 1. The highest BCUT2D eigenvalue weighted by Gasteiger charge is 2.31. The molecule has 3 rings (SSSR count). The minimum Gasteiger partial charge on any atom is -0.496 e. The number of hydrogen-bond acceptors (Lipinski definition) is 6. The van der Waals surface area contributed by atoms with Crippen LogP contribution in [0.3, 0.4) is 0 Å². The van der Waals surface area contributed by atoms with Gasteiger partial charge in [-0.25, -0.2) is 4.98 Å². The van der Waals surface area contributed by atoms with Crippen LogP contribution in [0.15, 0.2) is 30.5 Å². The SMILES string of the molecule is COc1ccc(OC)c2c1CN(c1ncccc1C#N)CC2O. The van der Waals surface area contributed by atoms with Gasteiger partial charge in [0.2, 0.25) is 0 Å². The molecule has 0 fully saturated rings. The third-order valence-electron chi connectivity index (χ3n) is 4.00. The monoisotopic (exact) mass is 311 g/mol. The van der Waals surface area contributed by atoms with Gasteiger partial charge < -0.3 is 19.5 Å². The molecule has 1 aliphatic rings. The normalized spacial score (nSPS) is 16.4. The van der Waals surface area contributed by atoms with Gasteiger partial charge in [0.1, 0.15) is 29.5 Å². The smallest absolute Gasteiger partial charge is 0.146 e. The number of aromatic nitrogens is 1. The van der Waals surface area contributed by atoms with Crippen LogP contribution in [0.1, 0.15) is 22.8 Å². The number of ether oxygens (including phenoxy) is 2. The van der Waals surface area contributed by atoms with Crippen molar-refractivity contribution >= 4 is 5.82 Å². The van der Waals surface area contributed by atoms with E-state index in [4.69, 9.17) is 9.47 Å². The highest BCUT2D eigenvalue weighted by Crippen LogP contribution is 2.40. The summed E-state index contributed by atoms with van der Waals surface area (Å²) in [7, 11) is 3.17. The van der Waals surface area contributed by atoms with Crippen molar-refractivity contribution < 1.29 is 14.6 Å². The lowest BCUT2D eigenvalue weighted by atomic mass is 9.95. The Balaban J connectivity index is 2.08. The van der Waals surface area contributed by atoms with Crippen molar-refractivity contribution in [3.8, 4) is 17.6 Å². The number of methoxy groups -OCH3 is 2. The van der Waals surface area contributed by atoms with Crippen molar-refractivity contribution in [2.45, 2.75) is 12.6 Å². The summed E-state index contributed by atoms with van der Waals surface area (Å²) in [6, 6.07) is 9.19. The third-order valence-corrected chi connectivity index (χ3v) is 4.00. The van der Waals surface area contributed by atoms with E-state index in [2.05, 4.69) is 11.1 Å². The summed E-state index contributed by atoms with van der Waals surface area (Å²) in [5.41, 5.74) is 2.06. The van der Waals surface area contributed by atoms with Crippen molar-refractivity contribution in [3.05, 3.63) is 47.2 Å². The van der Waals surface area contributed by atoms with Gasteiger partial charge in [-0.3, -0.25) is 0 Å². The predicted octanol–water partition coefficient (Wildman–Crippen LogP) is 2.02. The third kappa shape index (κ3) is 2.56. The maximum atomic E-state index is 10.6. The van der Waals surface area contributed by atoms with Gasteiger partial charge in [0.25, 0.3) is 0 Å². The van der Waals surface area contributed by atoms with E-state index in [9.17, 15) is 10.4 Å². The van der Waals surface area contributed by atoms with Crippen LogP contribution in [-0.4, -0.2) is 30.9 Å². The first kappa shape index (κ1) is 15.1. The van der Waals surface area contributed by atoms with E-state index in [1.807, 2.05) is 11.0 Å². The zero-order valence-electron chi connectivity index (χ0n) is 13.0. The zero-order valence-corrected chi connectivity index (χ0v) is 13.0. The minimum atomic E-state index is -0.752. The maximum absolute atomic E-state index is 10.6. The van der Waals surface area contributed by atoms with Crippen LogP contribution in [0.4, 0.5) is 5.82 Å². The summed E-state index contributed by atoms with van der Waals surface area (Å²) in [6.07, 6.45) is 0.887. The number of nitrogens with zero attached hydrogens (tertiary/aromatic N) is 3. The van der Waals surface area contributed by atoms with Crippen molar-refractivity contribution in [2.75, 3.05) is 25.7 Å². The van der Waals surface area contributed by atoms with Crippen LogP contribution in [0.25, 0.3) is 0 Å². The summed E-state index contributed by atoms with van der Waals surface area (Å²) < 4.78 is 10.8. The first-order valence-electron chi connectivity index (χ1n) is 7.21. The Morgan fingerprint density at radius 2 is 2.00 bits per heavy atom. The first-order chi connectivity index (χ1) is 11.2. The molecule has 6 nitrogen and oxygen atoms in total. The lowest BCUT2D eigenvalue weighted by molar-refractivity contribution is 0.169. The van der Waals surface area contributed by atoms with E-state index >= 15 is 0 Å². The van der Waals surface area contributed by atoms with E-state index in [1.54, 1.807) is 38.6 Å². The molecule has 2 heterocycles.